The van der Waals surface area contributed by atoms with Gasteiger partial charge in [-0.3, -0.25) is 0 Å². The summed E-state index contributed by atoms with van der Waals surface area (Å²) in [7, 11) is 0. The van der Waals surface area contributed by atoms with Gasteiger partial charge in [0.1, 0.15) is 4.87 Å². The number of hydrogen-bond acceptors (Lipinski definition) is 1. The lowest BCUT2D eigenvalue weighted by molar-refractivity contribution is -0.0155. The molecule has 2 rings (SSSR count). The van der Waals surface area contributed by atoms with Crippen molar-refractivity contribution in [3.63, 3.8) is 0 Å². The molecule has 0 radical (unpaired) electrons. The quantitative estimate of drug-likeness (QED) is 0.705. The van der Waals surface area contributed by atoms with Crippen molar-refractivity contribution < 1.29 is 4.74 Å². The fraction of sp³-hybridized carbons (Fsp3) is 0.400. The predicted molar refractivity (Wildman–Crippen MR) is 57.2 cm³/mol. The number of hydrogen-bond donors (Lipinski definition) is 0. The molecule has 1 aromatic rings. The number of benzene rings is 1. The van der Waals surface area contributed by atoms with Crippen LogP contribution in [0.3, 0.4) is 0 Å². The molecule has 1 heterocycles. The predicted octanol–water partition coefficient (Wildman–Crippen LogP) is 3.22. The van der Waals surface area contributed by atoms with Crippen LogP contribution in [0.15, 0.2) is 22.7 Å². The lowest BCUT2D eigenvalue weighted by Gasteiger charge is -2.37. The van der Waals surface area contributed by atoms with E-state index in [4.69, 9.17) is 16.3 Å². The smallest absolute Gasteiger partial charge is 0.116 e. The Morgan fingerprint density at radius 2 is 2.15 bits per heavy atom. The highest BCUT2D eigenvalue weighted by Gasteiger charge is 2.39. The summed E-state index contributed by atoms with van der Waals surface area (Å²) >= 11 is 9.81. The molecule has 0 spiro atoms. The van der Waals surface area contributed by atoms with Crippen molar-refractivity contribution in [3.05, 3.63) is 33.8 Å². The van der Waals surface area contributed by atoms with Crippen LogP contribution in [0.25, 0.3) is 0 Å². The van der Waals surface area contributed by atoms with Crippen LogP contribution in [0, 0.1) is 6.92 Å². The van der Waals surface area contributed by atoms with Crippen molar-refractivity contribution >= 4 is 27.5 Å². The highest BCUT2D eigenvalue weighted by molar-refractivity contribution is 9.10. The van der Waals surface area contributed by atoms with E-state index in [9.17, 15) is 0 Å². The van der Waals surface area contributed by atoms with E-state index in [1.165, 1.54) is 11.1 Å². The summed E-state index contributed by atoms with van der Waals surface area (Å²) in [5.41, 5.74) is 2.40. The Morgan fingerprint density at radius 1 is 1.46 bits per heavy atom. The molecule has 0 aromatic heterocycles. The molecule has 0 amide bonds. The van der Waals surface area contributed by atoms with E-state index >= 15 is 0 Å². The van der Waals surface area contributed by atoms with Gasteiger partial charge in [0.15, 0.2) is 0 Å². The third-order valence-corrected chi connectivity index (χ3v) is 3.26. The number of halogens is 2. The van der Waals surface area contributed by atoms with E-state index in [1.54, 1.807) is 0 Å². The number of ether oxygens (including phenoxy) is 1. The summed E-state index contributed by atoms with van der Waals surface area (Å²) in [5, 5.41) is 0. The second-order valence-corrected chi connectivity index (χ2v) is 5.06. The summed E-state index contributed by atoms with van der Waals surface area (Å²) in [5.74, 6) is 0. The molecule has 1 aromatic carbocycles. The Kier molecular flexibility index (Phi) is 2.39. The van der Waals surface area contributed by atoms with Gasteiger partial charge in [0.05, 0.1) is 13.2 Å². The zero-order chi connectivity index (χ0) is 9.47. The van der Waals surface area contributed by atoms with E-state index < -0.39 is 0 Å². The minimum absolute atomic E-state index is 0.284. The van der Waals surface area contributed by atoms with E-state index in [-0.39, 0.29) is 4.87 Å². The summed E-state index contributed by atoms with van der Waals surface area (Å²) in [6.45, 7) is 3.31. The van der Waals surface area contributed by atoms with E-state index in [1.807, 2.05) is 6.07 Å². The van der Waals surface area contributed by atoms with Crippen LogP contribution >= 0.6 is 27.5 Å². The molecule has 13 heavy (non-hydrogen) atoms. The largest absolute Gasteiger partial charge is 0.377 e. The van der Waals surface area contributed by atoms with Crippen LogP contribution in [0.2, 0.25) is 0 Å². The van der Waals surface area contributed by atoms with Gasteiger partial charge >= 0.3 is 0 Å². The molecule has 70 valence electrons. The van der Waals surface area contributed by atoms with Gasteiger partial charge in [0.2, 0.25) is 0 Å². The van der Waals surface area contributed by atoms with Crippen molar-refractivity contribution in [2.75, 3.05) is 13.2 Å². The van der Waals surface area contributed by atoms with Crippen LogP contribution in [0.5, 0.6) is 0 Å². The summed E-state index contributed by atoms with van der Waals surface area (Å²) in [6, 6.07) is 6.17. The summed E-state index contributed by atoms with van der Waals surface area (Å²) in [6.07, 6.45) is 0. The Balaban J connectivity index is 2.43. The first-order valence-electron chi connectivity index (χ1n) is 4.15. The van der Waals surface area contributed by atoms with Gasteiger partial charge in [-0.2, -0.15) is 0 Å². The molecule has 1 fully saturated rings. The van der Waals surface area contributed by atoms with Gasteiger partial charge in [0.25, 0.3) is 0 Å². The highest BCUT2D eigenvalue weighted by Crippen LogP contribution is 2.39. The molecule has 3 heteroatoms. The van der Waals surface area contributed by atoms with E-state index in [2.05, 4.69) is 35.0 Å². The minimum Gasteiger partial charge on any atom is -0.377 e. The van der Waals surface area contributed by atoms with Crippen LogP contribution in [0.1, 0.15) is 11.1 Å². The van der Waals surface area contributed by atoms with Crippen molar-refractivity contribution in [3.8, 4) is 0 Å². The van der Waals surface area contributed by atoms with Crippen LogP contribution in [-0.2, 0) is 9.61 Å². The van der Waals surface area contributed by atoms with Crippen molar-refractivity contribution in [2.24, 2.45) is 0 Å². The van der Waals surface area contributed by atoms with Crippen molar-refractivity contribution in [1.29, 1.82) is 0 Å². The molecule has 0 N–H and O–H groups in total. The monoisotopic (exact) mass is 260 g/mol. The summed E-state index contributed by atoms with van der Waals surface area (Å²) < 4.78 is 6.21. The molecule has 0 aliphatic carbocycles. The Morgan fingerprint density at radius 3 is 2.69 bits per heavy atom. The molecule has 1 aliphatic rings. The normalized spacial score (nSPS) is 19.6. The average molecular weight is 262 g/mol. The standard InChI is InChI=1S/C10H10BrClO/c1-7-2-3-8(11)4-9(7)10(12)5-13-6-10/h2-4H,5-6H2,1H3. The van der Waals surface area contributed by atoms with Crippen molar-refractivity contribution in [1.82, 2.24) is 0 Å². The Hall–Kier alpha value is -0.0500. The Labute approximate surface area is 91.2 Å². The third kappa shape index (κ3) is 1.63. The van der Waals surface area contributed by atoms with Gasteiger partial charge in [-0.25, -0.2) is 0 Å². The van der Waals surface area contributed by atoms with Gasteiger partial charge in [0, 0.05) is 4.47 Å². The maximum absolute atomic E-state index is 6.36. The second-order valence-electron chi connectivity index (χ2n) is 3.42. The molecule has 0 saturated carbocycles. The topological polar surface area (TPSA) is 9.23 Å². The van der Waals surface area contributed by atoms with Crippen molar-refractivity contribution in [2.45, 2.75) is 11.8 Å². The zero-order valence-electron chi connectivity index (χ0n) is 7.31. The maximum Gasteiger partial charge on any atom is 0.116 e. The number of alkyl halides is 1. The zero-order valence-corrected chi connectivity index (χ0v) is 9.65. The second kappa shape index (κ2) is 3.26. The minimum atomic E-state index is -0.284. The first kappa shape index (κ1) is 9.50. The third-order valence-electron chi connectivity index (χ3n) is 2.34. The highest BCUT2D eigenvalue weighted by atomic mass is 79.9. The number of aryl methyl sites for hydroxylation is 1. The fourth-order valence-corrected chi connectivity index (χ4v) is 2.23. The molecule has 1 nitrogen and oxygen atoms in total. The SMILES string of the molecule is Cc1ccc(Br)cc1C1(Cl)COC1. The average Bonchev–Trinajstić information content (AvgIpc) is 2.05. The molecular weight excluding hydrogens is 251 g/mol. The van der Waals surface area contributed by atoms with E-state index in [0.717, 1.165) is 4.47 Å². The molecule has 0 atom stereocenters. The molecule has 1 aliphatic heterocycles. The molecule has 0 bridgehead atoms. The van der Waals surface area contributed by atoms with Crippen LogP contribution in [0.4, 0.5) is 0 Å². The van der Waals surface area contributed by atoms with Gasteiger partial charge in [-0.1, -0.05) is 22.0 Å². The first-order chi connectivity index (χ1) is 6.12. The van der Waals surface area contributed by atoms with Gasteiger partial charge < -0.3 is 4.74 Å². The summed E-state index contributed by atoms with van der Waals surface area (Å²) in [4.78, 5) is -0.284. The molecule has 0 unspecified atom stereocenters. The van der Waals surface area contributed by atoms with Gasteiger partial charge in [-0.05, 0) is 30.2 Å². The lowest BCUT2D eigenvalue weighted by atomic mass is 9.93. The van der Waals surface area contributed by atoms with Gasteiger partial charge in [-0.15, -0.1) is 11.6 Å². The Bertz CT molecular complexity index is 334. The van der Waals surface area contributed by atoms with E-state index in [0.29, 0.717) is 13.2 Å². The van der Waals surface area contributed by atoms with Crippen LogP contribution in [-0.4, -0.2) is 13.2 Å². The fourth-order valence-electron chi connectivity index (χ4n) is 1.51. The van der Waals surface area contributed by atoms with Crippen LogP contribution < -0.4 is 0 Å². The lowest BCUT2D eigenvalue weighted by Crippen LogP contribution is -2.42. The number of rotatable bonds is 1. The molecule has 1 saturated heterocycles. The first-order valence-corrected chi connectivity index (χ1v) is 5.32. The molecular formula is C10H10BrClO. The maximum atomic E-state index is 6.36.